The predicted octanol–water partition coefficient (Wildman–Crippen LogP) is 4.67. The van der Waals surface area contributed by atoms with Crippen LogP contribution in [0.2, 0.25) is 5.02 Å². The number of carbonyl (C=O) groups is 2. The summed E-state index contributed by atoms with van der Waals surface area (Å²) in [5, 5.41) is 3.26. The van der Waals surface area contributed by atoms with Gasteiger partial charge in [0, 0.05) is 20.6 Å². The Kier molecular flexibility index (Phi) is 5.56. The first kappa shape index (κ1) is 16.2. The molecule has 0 fully saturated rings. The number of amides is 1. The molecule has 0 atom stereocenters. The molecule has 0 bridgehead atoms. The minimum Gasteiger partial charge on any atom is -0.325 e. The third-order valence-electron chi connectivity index (χ3n) is 2.74. The summed E-state index contributed by atoms with van der Waals surface area (Å²) in [6.45, 7) is 0. The molecule has 0 spiro atoms. The average Bonchev–Trinajstić information content (AvgIpc) is 2.48. The topological polar surface area (TPSA) is 46.2 Å². The fraction of sp³-hybridized carbons (Fsp3) is 0.0667. The summed E-state index contributed by atoms with van der Waals surface area (Å²) < 4.78 is 0.688. The van der Waals surface area contributed by atoms with Crippen LogP contribution in [0.1, 0.15) is 15.9 Å². The monoisotopic (exact) mass is 429 g/mol. The number of hydrogen-bond acceptors (Lipinski definition) is 2. The van der Waals surface area contributed by atoms with E-state index in [0.717, 1.165) is 0 Å². The van der Waals surface area contributed by atoms with Gasteiger partial charge >= 0.3 is 0 Å². The molecule has 1 N–H and O–H groups in total. The highest BCUT2D eigenvalue weighted by Gasteiger charge is 2.17. The van der Waals surface area contributed by atoms with Gasteiger partial charge in [-0.25, -0.2) is 0 Å². The molecule has 0 saturated heterocycles. The van der Waals surface area contributed by atoms with E-state index in [1.165, 1.54) is 0 Å². The van der Waals surface area contributed by atoms with E-state index < -0.39 is 0 Å². The Hall–Kier alpha value is -1.17. The molecule has 2 rings (SSSR count). The highest BCUT2D eigenvalue weighted by molar-refractivity contribution is 9.10. The van der Waals surface area contributed by atoms with Crippen molar-refractivity contribution in [2.75, 3.05) is 10.6 Å². The molecule has 3 nitrogen and oxygen atoms in total. The summed E-state index contributed by atoms with van der Waals surface area (Å²) in [4.78, 5) is 24.2. The number of rotatable bonds is 4. The van der Waals surface area contributed by atoms with Gasteiger partial charge in [-0.1, -0.05) is 55.6 Å². The molecular weight excluding hydrogens is 421 g/mol. The Morgan fingerprint density at radius 3 is 2.48 bits per heavy atom. The Bertz CT molecular complexity index is 704. The van der Waals surface area contributed by atoms with Crippen LogP contribution in [-0.4, -0.2) is 17.0 Å². The second-order valence-electron chi connectivity index (χ2n) is 4.18. The van der Waals surface area contributed by atoms with E-state index in [2.05, 4.69) is 37.2 Å². The van der Waals surface area contributed by atoms with Crippen LogP contribution in [0.4, 0.5) is 5.69 Å². The Morgan fingerprint density at radius 1 is 1.10 bits per heavy atom. The standard InChI is InChI=1S/C15H10Br2ClNO2/c16-8-14(20)19-13-6-5-9(18)7-11(13)15(21)10-3-1-2-4-12(10)17/h1-7H,8H2,(H,19,20). The molecule has 0 aliphatic carbocycles. The molecule has 0 heterocycles. The molecule has 0 aromatic heterocycles. The van der Waals surface area contributed by atoms with Gasteiger partial charge in [0.15, 0.2) is 5.78 Å². The van der Waals surface area contributed by atoms with Crippen LogP contribution in [0.5, 0.6) is 0 Å². The third-order valence-corrected chi connectivity index (χ3v) is 4.18. The van der Waals surface area contributed by atoms with Crippen molar-refractivity contribution in [3.05, 3.63) is 63.1 Å². The van der Waals surface area contributed by atoms with Crippen molar-refractivity contribution < 1.29 is 9.59 Å². The molecule has 2 aromatic rings. The van der Waals surface area contributed by atoms with Gasteiger partial charge in [-0.05, 0) is 30.3 Å². The van der Waals surface area contributed by atoms with E-state index >= 15 is 0 Å². The lowest BCUT2D eigenvalue weighted by Gasteiger charge is -2.11. The van der Waals surface area contributed by atoms with Crippen molar-refractivity contribution in [3.63, 3.8) is 0 Å². The molecule has 108 valence electrons. The molecule has 0 aliphatic heterocycles. The largest absolute Gasteiger partial charge is 0.325 e. The van der Waals surface area contributed by atoms with Crippen molar-refractivity contribution >= 4 is 60.8 Å². The van der Waals surface area contributed by atoms with Crippen molar-refractivity contribution in [3.8, 4) is 0 Å². The molecule has 2 aromatic carbocycles. The van der Waals surface area contributed by atoms with Gasteiger partial charge in [-0.3, -0.25) is 9.59 Å². The quantitative estimate of drug-likeness (QED) is 0.565. The lowest BCUT2D eigenvalue weighted by molar-refractivity contribution is -0.113. The predicted molar refractivity (Wildman–Crippen MR) is 91.5 cm³/mol. The summed E-state index contributed by atoms with van der Waals surface area (Å²) in [5.74, 6) is -0.451. The van der Waals surface area contributed by atoms with Crippen LogP contribution >= 0.6 is 43.5 Å². The number of carbonyl (C=O) groups excluding carboxylic acids is 2. The van der Waals surface area contributed by atoms with Crippen molar-refractivity contribution in [1.29, 1.82) is 0 Å². The Morgan fingerprint density at radius 2 is 1.81 bits per heavy atom. The lowest BCUT2D eigenvalue weighted by Crippen LogP contribution is -2.16. The zero-order valence-corrected chi connectivity index (χ0v) is 14.6. The third kappa shape index (κ3) is 3.93. The van der Waals surface area contributed by atoms with Gasteiger partial charge in [-0.15, -0.1) is 0 Å². The van der Waals surface area contributed by atoms with Crippen molar-refractivity contribution in [1.82, 2.24) is 0 Å². The molecule has 1 amide bonds. The normalized spacial score (nSPS) is 10.2. The van der Waals surface area contributed by atoms with E-state index in [0.29, 0.717) is 26.3 Å². The number of alkyl halides is 1. The fourth-order valence-electron chi connectivity index (χ4n) is 1.79. The number of hydrogen-bond donors (Lipinski definition) is 1. The zero-order valence-electron chi connectivity index (χ0n) is 10.7. The maximum atomic E-state index is 12.7. The molecule has 0 radical (unpaired) electrons. The van der Waals surface area contributed by atoms with Gasteiger partial charge in [0.05, 0.1) is 11.0 Å². The van der Waals surface area contributed by atoms with E-state index in [9.17, 15) is 9.59 Å². The van der Waals surface area contributed by atoms with Gasteiger partial charge in [0.25, 0.3) is 0 Å². The van der Waals surface area contributed by atoms with E-state index in [-0.39, 0.29) is 17.0 Å². The van der Waals surface area contributed by atoms with Gasteiger partial charge in [-0.2, -0.15) is 0 Å². The maximum absolute atomic E-state index is 12.7. The molecular formula is C15H10Br2ClNO2. The highest BCUT2D eigenvalue weighted by atomic mass is 79.9. The van der Waals surface area contributed by atoms with Gasteiger partial charge < -0.3 is 5.32 Å². The zero-order chi connectivity index (χ0) is 15.4. The summed E-state index contributed by atoms with van der Waals surface area (Å²) in [6.07, 6.45) is 0. The minimum atomic E-state index is -0.238. The SMILES string of the molecule is O=C(CBr)Nc1ccc(Cl)cc1C(=O)c1ccccc1Br. The molecule has 0 unspecified atom stereocenters. The second-order valence-corrected chi connectivity index (χ2v) is 6.03. The number of nitrogens with one attached hydrogen (secondary N) is 1. The Labute approximate surface area is 143 Å². The number of benzene rings is 2. The Balaban J connectivity index is 2.47. The van der Waals surface area contributed by atoms with E-state index in [4.69, 9.17) is 11.6 Å². The van der Waals surface area contributed by atoms with Crippen molar-refractivity contribution in [2.45, 2.75) is 0 Å². The van der Waals surface area contributed by atoms with E-state index in [1.54, 1.807) is 36.4 Å². The van der Waals surface area contributed by atoms with E-state index in [1.807, 2.05) is 6.07 Å². The minimum absolute atomic E-state index is 0.151. The smallest absolute Gasteiger partial charge is 0.235 e. The van der Waals surface area contributed by atoms with Crippen LogP contribution in [0.3, 0.4) is 0 Å². The number of anilines is 1. The molecule has 6 heteroatoms. The summed E-state index contributed by atoms with van der Waals surface area (Å²) >= 11 is 12.4. The fourth-order valence-corrected chi connectivity index (χ4v) is 2.56. The number of halogens is 3. The van der Waals surface area contributed by atoms with Crippen LogP contribution < -0.4 is 5.32 Å². The first-order chi connectivity index (χ1) is 10.0. The second kappa shape index (κ2) is 7.20. The van der Waals surface area contributed by atoms with Gasteiger partial charge in [0.2, 0.25) is 5.91 Å². The summed E-state index contributed by atoms with van der Waals surface area (Å²) in [6, 6.07) is 11.9. The van der Waals surface area contributed by atoms with Crippen molar-refractivity contribution in [2.24, 2.45) is 0 Å². The first-order valence-electron chi connectivity index (χ1n) is 5.97. The van der Waals surface area contributed by atoms with Crippen LogP contribution in [0, 0.1) is 0 Å². The number of ketones is 1. The lowest BCUT2D eigenvalue weighted by atomic mass is 10.0. The van der Waals surface area contributed by atoms with Crippen LogP contribution in [0.15, 0.2) is 46.9 Å². The van der Waals surface area contributed by atoms with Gasteiger partial charge in [0.1, 0.15) is 0 Å². The summed E-state index contributed by atoms with van der Waals surface area (Å²) in [7, 11) is 0. The highest BCUT2D eigenvalue weighted by Crippen LogP contribution is 2.26. The van der Waals surface area contributed by atoms with Crippen LogP contribution in [0.25, 0.3) is 0 Å². The first-order valence-corrected chi connectivity index (χ1v) is 8.26. The summed E-state index contributed by atoms with van der Waals surface area (Å²) in [5.41, 5.74) is 1.29. The molecule has 0 aliphatic rings. The molecule has 21 heavy (non-hydrogen) atoms. The maximum Gasteiger partial charge on any atom is 0.235 e. The van der Waals surface area contributed by atoms with Crippen LogP contribution in [-0.2, 0) is 4.79 Å². The molecule has 0 saturated carbocycles. The average molecular weight is 432 g/mol.